The van der Waals surface area contributed by atoms with E-state index in [2.05, 4.69) is 17.2 Å². The first-order valence-corrected chi connectivity index (χ1v) is 8.05. The molecule has 110 valence electrons. The Morgan fingerprint density at radius 1 is 1.33 bits per heavy atom. The molecule has 0 unspecified atom stereocenters. The molecule has 0 spiro atoms. The van der Waals surface area contributed by atoms with Crippen LogP contribution in [0.1, 0.15) is 37.1 Å². The molecule has 1 N–H and O–H groups in total. The fourth-order valence-corrected chi connectivity index (χ4v) is 3.05. The van der Waals surface area contributed by atoms with E-state index in [0.717, 1.165) is 33.7 Å². The lowest BCUT2D eigenvalue weighted by molar-refractivity contribution is 0.624. The van der Waals surface area contributed by atoms with Crippen LogP contribution in [0.4, 0.5) is 10.2 Å². The molecule has 1 aromatic heterocycles. The molecule has 5 heteroatoms. The highest BCUT2D eigenvalue weighted by molar-refractivity contribution is 7.99. The second-order valence-electron chi connectivity index (χ2n) is 5.22. The van der Waals surface area contributed by atoms with E-state index in [-0.39, 0.29) is 5.82 Å². The third kappa shape index (κ3) is 3.35. The van der Waals surface area contributed by atoms with Crippen molar-refractivity contribution in [2.24, 2.45) is 0 Å². The molecule has 3 rings (SSSR count). The summed E-state index contributed by atoms with van der Waals surface area (Å²) in [5.41, 5.74) is 1.02. The second-order valence-corrected chi connectivity index (χ2v) is 6.29. The maximum Gasteiger partial charge on any atom is 0.135 e. The van der Waals surface area contributed by atoms with Crippen LogP contribution in [-0.4, -0.2) is 16.5 Å². The van der Waals surface area contributed by atoms with Gasteiger partial charge in [0, 0.05) is 22.9 Å². The molecule has 1 fully saturated rings. The first kappa shape index (κ1) is 14.3. The first-order chi connectivity index (χ1) is 10.2. The molecule has 1 saturated carbocycles. The van der Waals surface area contributed by atoms with Crippen molar-refractivity contribution in [2.75, 3.05) is 11.9 Å². The maximum absolute atomic E-state index is 13.3. The van der Waals surface area contributed by atoms with Crippen molar-refractivity contribution in [1.29, 1.82) is 0 Å². The lowest BCUT2D eigenvalue weighted by Crippen LogP contribution is -2.07. The number of hydrogen-bond donors (Lipinski definition) is 1. The van der Waals surface area contributed by atoms with Gasteiger partial charge in [-0.1, -0.05) is 17.8 Å². The highest BCUT2D eigenvalue weighted by Gasteiger charge is 2.28. The third-order valence-corrected chi connectivity index (χ3v) is 4.50. The Hall–Kier alpha value is -1.62. The van der Waals surface area contributed by atoms with Crippen LogP contribution in [-0.2, 0) is 0 Å². The Labute approximate surface area is 128 Å². The normalized spacial score (nSPS) is 14.2. The highest BCUT2D eigenvalue weighted by Crippen LogP contribution is 2.40. The Morgan fingerprint density at radius 3 is 2.81 bits per heavy atom. The van der Waals surface area contributed by atoms with Crippen molar-refractivity contribution < 1.29 is 4.39 Å². The highest BCUT2D eigenvalue weighted by atomic mass is 32.2. The fourth-order valence-electron chi connectivity index (χ4n) is 2.12. The average molecular weight is 303 g/mol. The molecule has 0 amide bonds. The van der Waals surface area contributed by atoms with Gasteiger partial charge in [-0.05, 0) is 44.9 Å². The topological polar surface area (TPSA) is 37.8 Å². The van der Waals surface area contributed by atoms with Gasteiger partial charge in [0.1, 0.15) is 22.5 Å². The monoisotopic (exact) mass is 303 g/mol. The number of halogens is 1. The van der Waals surface area contributed by atoms with Crippen molar-refractivity contribution in [3.8, 4) is 0 Å². The second kappa shape index (κ2) is 6.02. The molecule has 0 saturated heterocycles. The van der Waals surface area contributed by atoms with Crippen LogP contribution in [0.5, 0.6) is 0 Å². The van der Waals surface area contributed by atoms with Gasteiger partial charge in [0.05, 0.1) is 0 Å². The number of nitrogens with zero attached hydrogens (tertiary/aromatic N) is 2. The van der Waals surface area contributed by atoms with Crippen molar-refractivity contribution in [3.05, 3.63) is 41.5 Å². The predicted molar refractivity (Wildman–Crippen MR) is 83.4 cm³/mol. The van der Waals surface area contributed by atoms with Crippen LogP contribution in [0.2, 0.25) is 0 Å². The van der Waals surface area contributed by atoms with Crippen LogP contribution in [0.25, 0.3) is 0 Å². The molecule has 21 heavy (non-hydrogen) atoms. The molecular weight excluding hydrogens is 285 g/mol. The van der Waals surface area contributed by atoms with Gasteiger partial charge in [-0.3, -0.25) is 0 Å². The van der Waals surface area contributed by atoms with Gasteiger partial charge >= 0.3 is 0 Å². The van der Waals surface area contributed by atoms with E-state index < -0.39 is 0 Å². The van der Waals surface area contributed by atoms with E-state index in [1.165, 1.54) is 36.7 Å². The van der Waals surface area contributed by atoms with E-state index in [9.17, 15) is 4.39 Å². The fraction of sp³-hybridized carbons (Fsp3) is 0.375. The van der Waals surface area contributed by atoms with E-state index >= 15 is 0 Å². The predicted octanol–water partition coefficient (Wildman–Crippen LogP) is 4.38. The van der Waals surface area contributed by atoms with Gasteiger partial charge in [-0.2, -0.15) is 0 Å². The van der Waals surface area contributed by atoms with E-state index in [1.54, 1.807) is 6.07 Å². The summed E-state index contributed by atoms with van der Waals surface area (Å²) >= 11 is 1.50. The van der Waals surface area contributed by atoms with Gasteiger partial charge < -0.3 is 5.32 Å². The summed E-state index contributed by atoms with van der Waals surface area (Å²) in [6.07, 6.45) is 2.33. The average Bonchev–Trinajstić information content (AvgIpc) is 3.28. The van der Waals surface area contributed by atoms with Crippen molar-refractivity contribution >= 4 is 17.6 Å². The molecular formula is C16H18FN3S. The summed E-state index contributed by atoms with van der Waals surface area (Å²) in [5.74, 6) is 2.08. The summed E-state index contributed by atoms with van der Waals surface area (Å²) in [6, 6.07) is 6.62. The number of aromatic nitrogens is 2. The van der Waals surface area contributed by atoms with Gasteiger partial charge in [0.15, 0.2) is 0 Å². The first-order valence-electron chi connectivity index (χ1n) is 7.23. The molecule has 0 aliphatic heterocycles. The van der Waals surface area contributed by atoms with Crippen LogP contribution in [0.15, 0.2) is 34.2 Å². The van der Waals surface area contributed by atoms with Gasteiger partial charge in [-0.15, -0.1) is 0 Å². The standard InChI is InChI=1S/C16H18FN3S/c1-3-18-14-10(2)16(20-15(19-14)11-7-8-11)21-13-6-4-5-12(17)9-13/h4-6,9,11H,3,7-8H2,1-2H3,(H,18,19,20). The van der Waals surface area contributed by atoms with Gasteiger partial charge in [-0.25, -0.2) is 14.4 Å². The molecule has 0 bridgehead atoms. The van der Waals surface area contributed by atoms with Crippen molar-refractivity contribution in [3.63, 3.8) is 0 Å². The molecule has 1 aliphatic carbocycles. The van der Waals surface area contributed by atoms with E-state index in [4.69, 9.17) is 4.98 Å². The Bertz CT molecular complexity index is 656. The Morgan fingerprint density at radius 2 is 2.14 bits per heavy atom. The lowest BCUT2D eigenvalue weighted by atomic mass is 10.3. The SMILES string of the molecule is CCNc1nc(C2CC2)nc(Sc2cccc(F)c2)c1C. The number of rotatable bonds is 5. The van der Waals surface area contributed by atoms with Crippen LogP contribution in [0.3, 0.4) is 0 Å². The molecule has 3 nitrogen and oxygen atoms in total. The minimum atomic E-state index is -0.221. The molecule has 2 aromatic rings. The summed E-state index contributed by atoms with van der Waals surface area (Å²) in [6.45, 7) is 4.89. The maximum atomic E-state index is 13.3. The summed E-state index contributed by atoms with van der Waals surface area (Å²) < 4.78 is 13.3. The van der Waals surface area contributed by atoms with Gasteiger partial charge in [0.25, 0.3) is 0 Å². The van der Waals surface area contributed by atoms with Gasteiger partial charge in [0.2, 0.25) is 0 Å². The lowest BCUT2D eigenvalue weighted by Gasteiger charge is -2.12. The minimum Gasteiger partial charge on any atom is -0.370 e. The van der Waals surface area contributed by atoms with Crippen molar-refractivity contribution in [2.45, 2.75) is 42.5 Å². The van der Waals surface area contributed by atoms with Crippen LogP contribution < -0.4 is 5.32 Å². The van der Waals surface area contributed by atoms with Crippen LogP contribution >= 0.6 is 11.8 Å². The smallest absolute Gasteiger partial charge is 0.135 e. The summed E-state index contributed by atoms with van der Waals surface area (Å²) in [5, 5.41) is 4.21. The summed E-state index contributed by atoms with van der Waals surface area (Å²) in [4.78, 5) is 10.2. The molecule has 1 aliphatic rings. The number of benzene rings is 1. The minimum absolute atomic E-state index is 0.221. The number of nitrogens with one attached hydrogen (secondary N) is 1. The Kier molecular flexibility index (Phi) is 4.10. The summed E-state index contributed by atoms with van der Waals surface area (Å²) in [7, 11) is 0. The molecule has 0 radical (unpaired) electrons. The largest absolute Gasteiger partial charge is 0.370 e. The van der Waals surface area contributed by atoms with Crippen molar-refractivity contribution in [1.82, 2.24) is 9.97 Å². The third-order valence-electron chi connectivity index (χ3n) is 3.42. The quantitative estimate of drug-likeness (QED) is 0.832. The molecule has 1 aromatic carbocycles. The Balaban J connectivity index is 1.95. The van der Waals surface area contributed by atoms with E-state index in [1.807, 2.05) is 13.0 Å². The molecule has 0 atom stereocenters. The molecule has 1 heterocycles. The number of hydrogen-bond acceptors (Lipinski definition) is 4. The zero-order valence-electron chi connectivity index (χ0n) is 12.2. The zero-order chi connectivity index (χ0) is 14.8. The van der Waals surface area contributed by atoms with Crippen LogP contribution in [0, 0.1) is 12.7 Å². The zero-order valence-corrected chi connectivity index (χ0v) is 13.0. The van der Waals surface area contributed by atoms with E-state index in [0.29, 0.717) is 5.92 Å². The number of anilines is 1.